The summed E-state index contributed by atoms with van der Waals surface area (Å²) in [4.78, 5) is 11.2. The largest absolute Gasteiger partial charge is 0.469 e. The van der Waals surface area contributed by atoms with Crippen molar-refractivity contribution in [3.63, 3.8) is 0 Å². The SMILES string of the molecule is CC.COC(=O)CCCS(=O)(=O)c1ccc(C)cc1. The summed E-state index contributed by atoms with van der Waals surface area (Å²) in [5, 5.41) is 0. The van der Waals surface area contributed by atoms with Gasteiger partial charge in [0.25, 0.3) is 0 Å². The molecule has 0 saturated carbocycles. The van der Waals surface area contributed by atoms with Crippen molar-refractivity contribution in [2.75, 3.05) is 12.9 Å². The molecule has 0 N–H and O–H groups in total. The monoisotopic (exact) mass is 286 g/mol. The highest BCUT2D eigenvalue weighted by atomic mass is 32.2. The number of esters is 1. The fourth-order valence-corrected chi connectivity index (χ4v) is 2.68. The zero-order valence-corrected chi connectivity index (χ0v) is 12.8. The molecular weight excluding hydrogens is 264 g/mol. The molecular formula is C14H22O4S. The number of aryl methyl sites for hydroxylation is 1. The minimum absolute atomic E-state index is 0.0365. The van der Waals surface area contributed by atoms with E-state index in [1.165, 1.54) is 7.11 Å². The van der Waals surface area contributed by atoms with Crippen LogP contribution in [0.2, 0.25) is 0 Å². The van der Waals surface area contributed by atoms with Crippen LogP contribution in [0.4, 0.5) is 0 Å². The van der Waals surface area contributed by atoms with Crippen molar-refractivity contribution in [2.24, 2.45) is 0 Å². The van der Waals surface area contributed by atoms with Crippen LogP contribution in [0.1, 0.15) is 32.3 Å². The maximum Gasteiger partial charge on any atom is 0.305 e. The third-order valence-electron chi connectivity index (χ3n) is 2.40. The lowest BCUT2D eigenvalue weighted by Gasteiger charge is -2.04. The normalized spacial score (nSPS) is 10.3. The van der Waals surface area contributed by atoms with E-state index in [1.54, 1.807) is 24.3 Å². The highest BCUT2D eigenvalue weighted by molar-refractivity contribution is 7.91. The zero-order chi connectivity index (χ0) is 14.9. The van der Waals surface area contributed by atoms with Gasteiger partial charge in [-0.25, -0.2) is 8.42 Å². The Hall–Kier alpha value is -1.36. The lowest BCUT2D eigenvalue weighted by molar-refractivity contribution is -0.140. The number of hydrogen-bond acceptors (Lipinski definition) is 4. The first-order chi connectivity index (χ1) is 8.95. The summed E-state index contributed by atoms with van der Waals surface area (Å²) in [5.74, 6) is -0.422. The van der Waals surface area contributed by atoms with Crippen LogP contribution in [0, 0.1) is 6.92 Å². The van der Waals surface area contributed by atoms with Gasteiger partial charge in [0.2, 0.25) is 0 Å². The Morgan fingerprint density at radius 2 is 1.68 bits per heavy atom. The van der Waals surface area contributed by atoms with Crippen LogP contribution < -0.4 is 0 Å². The molecule has 0 aliphatic carbocycles. The molecule has 1 aromatic rings. The molecule has 0 amide bonds. The van der Waals surface area contributed by atoms with Gasteiger partial charge in [0, 0.05) is 6.42 Å². The summed E-state index contributed by atoms with van der Waals surface area (Å²) < 4.78 is 28.2. The van der Waals surface area contributed by atoms with Gasteiger partial charge < -0.3 is 4.74 Å². The van der Waals surface area contributed by atoms with Crippen LogP contribution in [0.5, 0.6) is 0 Å². The first-order valence-corrected chi connectivity index (χ1v) is 7.97. The van der Waals surface area contributed by atoms with Crippen molar-refractivity contribution in [2.45, 2.75) is 38.5 Å². The molecule has 0 saturated heterocycles. The Morgan fingerprint density at radius 1 is 1.16 bits per heavy atom. The highest BCUT2D eigenvalue weighted by Gasteiger charge is 2.14. The maximum atomic E-state index is 11.9. The highest BCUT2D eigenvalue weighted by Crippen LogP contribution is 2.13. The second-order valence-corrected chi connectivity index (χ2v) is 5.92. The van der Waals surface area contributed by atoms with E-state index in [9.17, 15) is 13.2 Å². The number of hydrogen-bond donors (Lipinski definition) is 0. The van der Waals surface area contributed by atoms with E-state index in [0.717, 1.165) is 5.56 Å². The number of carbonyl (C=O) groups excluding carboxylic acids is 1. The van der Waals surface area contributed by atoms with E-state index in [4.69, 9.17) is 0 Å². The summed E-state index contributed by atoms with van der Waals surface area (Å²) in [7, 11) is -2.00. The number of sulfone groups is 1. The van der Waals surface area contributed by atoms with Gasteiger partial charge in [-0.1, -0.05) is 31.5 Å². The second kappa shape index (κ2) is 8.69. The van der Waals surface area contributed by atoms with Crippen molar-refractivity contribution in [3.8, 4) is 0 Å². The van der Waals surface area contributed by atoms with Gasteiger partial charge in [-0.3, -0.25) is 4.79 Å². The first-order valence-electron chi connectivity index (χ1n) is 6.32. The Bertz CT molecular complexity index is 475. The van der Waals surface area contributed by atoms with Gasteiger partial charge in [0.05, 0.1) is 17.8 Å². The molecule has 4 nitrogen and oxygen atoms in total. The minimum Gasteiger partial charge on any atom is -0.469 e. The molecule has 0 aliphatic heterocycles. The van der Waals surface area contributed by atoms with Crippen LogP contribution in [-0.4, -0.2) is 27.2 Å². The molecule has 1 aromatic carbocycles. The lowest BCUT2D eigenvalue weighted by atomic mass is 10.2. The molecule has 0 aromatic heterocycles. The number of carbonyl (C=O) groups is 1. The van der Waals surface area contributed by atoms with Crippen LogP contribution in [0.25, 0.3) is 0 Å². The van der Waals surface area contributed by atoms with Crippen molar-refractivity contribution in [3.05, 3.63) is 29.8 Å². The molecule has 0 unspecified atom stereocenters. The molecule has 0 radical (unpaired) electrons. The topological polar surface area (TPSA) is 60.4 Å². The summed E-state index contributed by atoms with van der Waals surface area (Å²) in [6, 6.07) is 6.69. The number of methoxy groups -OCH3 is 1. The molecule has 0 fully saturated rings. The fraction of sp³-hybridized carbons (Fsp3) is 0.500. The molecule has 108 valence electrons. The number of rotatable bonds is 5. The number of ether oxygens (including phenoxy) is 1. The third-order valence-corrected chi connectivity index (χ3v) is 4.22. The van der Waals surface area contributed by atoms with Gasteiger partial charge in [0.15, 0.2) is 9.84 Å². The van der Waals surface area contributed by atoms with Gasteiger partial charge in [-0.05, 0) is 25.5 Å². The van der Waals surface area contributed by atoms with E-state index in [1.807, 2.05) is 20.8 Å². The van der Waals surface area contributed by atoms with Crippen molar-refractivity contribution >= 4 is 15.8 Å². The minimum atomic E-state index is -3.29. The van der Waals surface area contributed by atoms with E-state index in [-0.39, 0.29) is 24.6 Å². The average Bonchev–Trinajstić information content (AvgIpc) is 2.41. The van der Waals surface area contributed by atoms with E-state index < -0.39 is 9.84 Å². The predicted octanol–water partition coefficient (Wildman–Crippen LogP) is 2.75. The van der Waals surface area contributed by atoms with Gasteiger partial charge >= 0.3 is 5.97 Å². The van der Waals surface area contributed by atoms with Crippen LogP contribution in [0.3, 0.4) is 0 Å². The standard InChI is InChI=1S/C12H16O4S.C2H6/c1-10-5-7-11(8-6-10)17(14,15)9-3-4-12(13)16-2;1-2/h5-8H,3-4,9H2,1-2H3;1-2H3. The molecule has 1 rings (SSSR count). The predicted molar refractivity (Wildman–Crippen MR) is 75.8 cm³/mol. The van der Waals surface area contributed by atoms with E-state index in [0.29, 0.717) is 4.90 Å². The summed E-state index contributed by atoms with van der Waals surface area (Å²) >= 11 is 0. The molecule has 19 heavy (non-hydrogen) atoms. The Morgan fingerprint density at radius 3 is 2.16 bits per heavy atom. The summed E-state index contributed by atoms with van der Waals surface area (Å²) in [6.45, 7) is 5.90. The zero-order valence-electron chi connectivity index (χ0n) is 12.0. The molecule has 0 heterocycles. The number of benzene rings is 1. The van der Waals surface area contributed by atoms with Crippen LogP contribution in [0.15, 0.2) is 29.2 Å². The van der Waals surface area contributed by atoms with Gasteiger partial charge in [-0.15, -0.1) is 0 Å². The lowest BCUT2D eigenvalue weighted by Crippen LogP contribution is -2.09. The van der Waals surface area contributed by atoms with Crippen molar-refractivity contribution in [1.29, 1.82) is 0 Å². The van der Waals surface area contributed by atoms with Crippen LogP contribution in [-0.2, 0) is 19.4 Å². The van der Waals surface area contributed by atoms with Gasteiger partial charge in [-0.2, -0.15) is 0 Å². The molecule has 0 aliphatic rings. The molecule has 0 atom stereocenters. The van der Waals surface area contributed by atoms with Crippen molar-refractivity contribution in [1.82, 2.24) is 0 Å². The smallest absolute Gasteiger partial charge is 0.305 e. The van der Waals surface area contributed by atoms with Crippen molar-refractivity contribution < 1.29 is 17.9 Å². The second-order valence-electron chi connectivity index (χ2n) is 3.81. The molecule has 0 spiro atoms. The Labute approximate surface area is 115 Å². The average molecular weight is 286 g/mol. The van der Waals surface area contributed by atoms with Crippen LogP contribution >= 0.6 is 0 Å². The first kappa shape index (κ1) is 17.6. The summed E-state index contributed by atoms with van der Waals surface area (Å²) in [6.07, 6.45) is 0.407. The quantitative estimate of drug-likeness (QED) is 0.781. The third kappa shape index (κ3) is 6.38. The Balaban J connectivity index is 0.00000154. The molecule has 5 heteroatoms. The fourth-order valence-electron chi connectivity index (χ4n) is 1.37. The Kier molecular flexibility index (Phi) is 8.07. The van der Waals surface area contributed by atoms with E-state index in [2.05, 4.69) is 4.74 Å². The summed E-state index contributed by atoms with van der Waals surface area (Å²) in [5.41, 5.74) is 1.01. The molecule has 0 bridgehead atoms. The maximum absolute atomic E-state index is 11.9. The van der Waals surface area contributed by atoms with Gasteiger partial charge in [0.1, 0.15) is 0 Å². The van der Waals surface area contributed by atoms with E-state index >= 15 is 0 Å².